The lowest BCUT2D eigenvalue weighted by Crippen LogP contribution is -2.20. The van der Waals surface area contributed by atoms with Crippen LogP contribution in [0.3, 0.4) is 0 Å². The van der Waals surface area contributed by atoms with Crippen LogP contribution in [0.1, 0.15) is 27.4 Å². The summed E-state index contributed by atoms with van der Waals surface area (Å²) in [4.78, 5) is 13.9. The number of nitrogens with zero attached hydrogens (tertiary/aromatic N) is 2. The highest BCUT2D eigenvalue weighted by Crippen LogP contribution is 2.14. The Hall–Kier alpha value is -2.60. The van der Waals surface area contributed by atoms with Crippen molar-refractivity contribution in [1.29, 1.82) is 0 Å². The van der Waals surface area contributed by atoms with Crippen LogP contribution in [-0.4, -0.2) is 37.4 Å². The number of carbonyl (C=O) groups excluding carboxylic acids is 1. The number of amides is 1. The first-order chi connectivity index (χ1) is 11.0. The molecule has 0 aliphatic rings. The van der Waals surface area contributed by atoms with Crippen LogP contribution in [0.4, 0.5) is 5.69 Å². The third kappa shape index (κ3) is 4.43. The largest absolute Gasteiger partial charge is 0.466 e. The van der Waals surface area contributed by atoms with E-state index in [2.05, 4.69) is 10.5 Å². The standard InChI is InChI=1S/C17H21N3O3/c1-12-10-16(13(2)23-12)17(22)19-18-11-14-4-6-15(7-5-14)20(3)8-9-21/h4-7,10-11,21H,8-9H2,1-3H3,(H,19,22)/b18-11+. The lowest BCUT2D eigenvalue weighted by Gasteiger charge is -2.17. The number of carbonyl (C=O) groups is 1. The molecule has 0 saturated carbocycles. The summed E-state index contributed by atoms with van der Waals surface area (Å²) in [6, 6.07) is 9.34. The van der Waals surface area contributed by atoms with Crippen molar-refractivity contribution < 1.29 is 14.3 Å². The summed E-state index contributed by atoms with van der Waals surface area (Å²) in [5.74, 6) is 0.973. The minimum absolute atomic E-state index is 0.110. The quantitative estimate of drug-likeness (QED) is 0.632. The fourth-order valence-corrected chi connectivity index (χ4v) is 2.18. The second-order valence-electron chi connectivity index (χ2n) is 5.26. The average Bonchev–Trinajstić information content (AvgIpc) is 2.87. The smallest absolute Gasteiger partial charge is 0.274 e. The molecule has 1 amide bonds. The number of aryl methyl sites for hydroxylation is 2. The SMILES string of the molecule is Cc1cc(C(=O)N/N=C/c2ccc(N(C)CCO)cc2)c(C)o1. The van der Waals surface area contributed by atoms with Gasteiger partial charge < -0.3 is 14.4 Å². The van der Waals surface area contributed by atoms with Gasteiger partial charge in [0.05, 0.1) is 18.4 Å². The maximum Gasteiger partial charge on any atom is 0.274 e. The Balaban J connectivity index is 1.95. The van der Waals surface area contributed by atoms with E-state index in [0.29, 0.717) is 23.6 Å². The Kier molecular flexibility index (Phi) is 5.54. The number of rotatable bonds is 6. The van der Waals surface area contributed by atoms with Crippen molar-refractivity contribution in [3.05, 3.63) is 53.0 Å². The zero-order chi connectivity index (χ0) is 16.8. The number of nitrogens with one attached hydrogen (secondary N) is 1. The Bertz CT molecular complexity index is 690. The number of aliphatic hydroxyl groups is 1. The second-order valence-corrected chi connectivity index (χ2v) is 5.26. The highest BCUT2D eigenvalue weighted by molar-refractivity contribution is 5.95. The van der Waals surface area contributed by atoms with E-state index in [4.69, 9.17) is 9.52 Å². The first-order valence-corrected chi connectivity index (χ1v) is 7.33. The van der Waals surface area contributed by atoms with E-state index in [0.717, 1.165) is 11.3 Å². The highest BCUT2D eigenvalue weighted by atomic mass is 16.3. The maximum absolute atomic E-state index is 12.0. The van der Waals surface area contributed by atoms with Crippen molar-refractivity contribution in [2.75, 3.05) is 25.1 Å². The number of benzene rings is 1. The van der Waals surface area contributed by atoms with Gasteiger partial charge in [0.15, 0.2) is 0 Å². The van der Waals surface area contributed by atoms with Crippen molar-refractivity contribution in [3.8, 4) is 0 Å². The molecular weight excluding hydrogens is 294 g/mol. The van der Waals surface area contributed by atoms with Gasteiger partial charge in [-0.1, -0.05) is 12.1 Å². The maximum atomic E-state index is 12.0. The van der Waals surface area contributed by atoms with Crippen molar-refractivity contribution in [2.45, 2.75) is 13.8 Å². The number of aliphatic hydroxyl groups excluding tert-OH is 1. The topological polar surface area (TPSA) is 78.1 Å². The first kappa shape index (κ1) is 16.8. The number of hydrazone groups is 1. The number of furan rings is 1. The van der Waals surface area contributed by atoms with Crippen LogP contribution in [0.2, 0.25) is 0 Å². The van der Waals surface area contributed by atoms with Crippen LogP contribution in [0.5, 0.6) is 0 Å². The zero-order valence-electron chi connectivity index (χ0n) is 13.5. The Morgan fingerprint density at radius 3 is 2.61 bits per heavy atom. The Morgan fingerprint density at radius 2 is 2.04 bits per heavy atom. The minimum atomic E-state index is -0.296. The van der Waals surface area contributed by atoms with Gasteiger partial charge in [0.1, 0.15) is 11.5 Å². The van der Waals surface area contributed by atoms with E-state index >= 15 is 0 Å². The normalized spacial score (nSPS) is 11.0. The van der Waals surface area contributed by atoms with E-state index < -0.39 is 0 Å². The van der Waals surface area contributed by atoms with Crippen molar-refractivity contribution in [3.63, 3.8) is 0 Å². The Morgan fingerprint density at radius 1 is 1.35 bits per heavy atom. The zero-order valence-corrected chi connectivity index (χ0v) is 13.5. The molecule has 122 valence electrons. The molecular formula is C17H21N3O3. The molecule has 0 saturated heterocycles. The molecule has 0 spiro atoms. The molecule has 0 fully saturated rings. The predicted octanol–water partition coefficient (Wildman–Crippen LogP) is 2.09. The third-order valence-corrected chi connectivity index (χ3v) is 3.43. The molecule has 2 aromatic rings. The van der Waals surface area contributed by atoms with Gasteiger partial charge in [0.25, 0.3) is 5.91 Å². The molecule has 6 nitrogen and oxygen atoms in total. The van der Waals surface area contributed by atoms with E-state index in [1.165, 1.54) is 0 Å². The minimum Gasteiger partial charge on any atom is -0.466 e. The lowest BCUT2D eigenvalue weighted by molar-refractivity contribution is 0.0953. The summed E-state index contributed by atoms with van der Waals surface area (Å²) in [7, 11) is 1.91. The van der Waals surface area contributed by atoms with Gasteiger partial charge in [-0.15, -0.1) is 0 Å². The Labute approximate surface area is 135 Å². The first-order valence-electron chi connectivity index (χ1n) is 7.33. The van der Waals surface area contributed by atoms with Gasteiger partial charge in [0, 0.05) is 19.3 Å². The third-order valence-electron chi connectivity index (χ3n) is 3.43. The van der Waals surface area contributed by atoms with E-state index in [1.54, 1.807) is 26.1 Å². The number of hydrogen-bond acceptors (Lipinski definition) is 5. The van der Waals surface area contributed by atoms with Crippen LogP contribution in [0.15, 0.2) is 39.9 Å². The molecule has 2 N–H and O–H groups in total. The summed E-state index contributed by atoms with van der Waals surface area (Å²) in [6.45, 7) is 4.22. The van der Waals surface area contributed by atoms with Crippen LogP contribution < -0.4 is 10.3 Å². The second kappa shape index (κ2) is 7.60. The molecule has 2 rings (SSSR count). The van der Waals surface area contributed by atoms with Crippen LogP contribution in [-0.2, 0) is 0 Å². The monoisotopic (exact) mass is 315 g/mol. The highest BCUT2D eigenvalue weighted by Gasteiger charge is 2.12. The van der Waals surface area contributed by atoms with Gasteiger partial charge in [-0.3, -0.25) is 4.79 Å². The summed E-state index contributed by atoms with van der Waals surface area (Å²) in [5, 5.41) is 12.9. The van der Waals surface area contributed by atoms with Crippen molar-refractivity contribution in [2.24, 2.45) is 5.10 Å². The van der Waals surface area contributed by atoms with Crippen molar-refractivity contribution in [1.82, 2.24) is 5.43 Å². The van der Waals surface area contributed by atoms with Gasteiger partial charge >= 0.3 is 0 Å². The molecule has 1 heterocycles. The van der Waals surface area contributed by atoms with Crippen molar-refractivity contribution >= 4 is 17.8 Å². The predicted molar refractivity (Wildman–Crippen MR) is 90.0 cm³/mol. The van der Waals surface area contributed by atoms with E-state index in [9.17, 15) is 4.79 Å². The molecule has 0 radical (unpaired) electrons. The van der Waals surface area contributed by atoms with Crippen LogP contribution >= 0.6 is 0 Å². The summed E-state index contributed by atoms with van der Waals surface area (Å²) < 4.78 is 5.32. The van der Waals surface area contributed by atoms with Crippen LogP contribution in [0.25, 0.3) is 0 Å². The van der Waals surface area contributed by atoms with Crippen LogP contribution in [0, 0.1) is 13.8 Å². The van der Waals surface area contributed by atoms with Gasteiger partial charge in [-0.25, -0.2) is 5.43 Å². The summed E-state index contributed by atoms with van der Waals surface area (Å²) >= 11 is 0. The van der Waals surface area contributed by atoms with E-state index in [-0.39, 0.29) is 12.5 Å². The van der Waals surface area contributed by atoms with Gasteiger partial charge in [0.2, 0.25) is 0 Å². The molecule has 23 heavy (non-hydrogen) atoms. The number of anilines is 1. The fraction of sp³-hybridized carbons (Fsp3) is 0.294. The summed E-state index contributed by atoms with van der Waals surface area (Å²) in [5.41, 5.74) is 4.84. The summed E-state index contributed by atoms with van der Waals surface area (Å²) in [6.07, 6.45) is 1.58. The molecule has 0 bridgehead atoms. The molecule has 1 aromatic heterocycles. The number of hydrogen-bond donors (Lipinski definition) is 2. The lowest BCUT2D eigenvalue weighted by atomic mass is 10.2. The molecule has 0 unspecified atom stereocenters. The van der Waals surface area contributed by atoms with Gasteiger partial charge in [-0.05, 0) is 37.6 Å². The molecule has 0 atom stereocenters. The number of likely N-dealkylation sites (N-methyl/N-ethyl adjacent to an activating group) is 1. The molecule has 1 aromatic carbocycles. The fourth-order valence-electron chi connectivity index (χ4n) is 2.18. The van der Waals surface area contributed by atoms with Gasteiger partial charge in [-0.2, -0.15) is 5.10 Å². The molecule has 0 aliphatic heterocycles. The average molecular weight is 315 g/mol. The molecule has 6 heteroatoms. The van der Waals surface area contributed by atoms with E-state index in [1.807, 2.05) is 36.2 Å². The molecule has 0 aliphatic carbocycles.